The molecule has 0 aliphatic rings. The number of benzene rings is 8. The Balaban J connectivity index is 1.44. The maximum atomic E-state index is 9.34. The topological polar surface area (TPSA) is 13.1 Å². The number of para-hydroxylation sites is 1. The molecular formula is C42H26O. The zero-order valence-corrected chi connectivity index (χ0v) is 22.5. The summed E-state index contributed by atoms with van der Waals surface area (Å²) < 4.78 is 109. The van der Waals surface area contributed by atoms with Crippen LogP contribution in [0.4, 0.5) is 0 Å². The van der Waals surface area contributed by atoms with Gasteiger partial charge in [-0.2, -0.15) is 0 Å². The summed E-state index contributed by atoms with van der Waals surface area (Å²) in [5.41, 5.74) is 2.68. The van der Waals surface area contributed by atoms with Gasteiger partial charge in [-0.25, -0.2) is 0 Å². The number of hydrogen-bond donors (Lipinski definition) is 0. The van der Waals surface area contributed by atoms with Crippen LogP contribution in [0.3, 0.4) is 0 Å². The molecule has 0 amide bonds. The molecule has 0 saturated carbocycles. The first-order valence-corrected chi connectivity index (χ1v) is 13.8. The van der Waals surface area contributed by atoms with E-state index in [0.29, 0.717) is 27.3 Å². The molecule has 9 rings (SSSR count). The molecule has 0 fully saturated rings. The number of rotatable bonds is 3. The fourth-order valence-electron chi connectivity index (χ4n) is 6.35. The molecule has 1 aromatic heterocycles. The molecule has 43 heavy (non-hydrogen) atoms. The summed E-state index contributed by atoms with van der Waals surface area (Å²) in [6, 6.07) is 21.5. The van der Waals surface area contributed by atoms with Crippen LogP contribution in [0.1, 0.15) is 16.4 Å². The van der Waals surface area contributed by atoms with E-state index in [9.17, 15) is 1.37 Å². The maximum absolute atomic E-state index is 9.34. The average molecular weight is 559 g/mol. The maximum Gasteiger partial charge on any atom is 0.136 e. The average Bonchev–Trinajstić information content (AvgIpc) is 3.60. The fourth-order valence-corrected chi connectivity index (χ4v) is 6.35. The molecule has 0 atom stereocenters. The van der Waals surface area contributed by atoms with E-state index in [4.69, 9.17) is 19.5 Å². The van der Waals surface area contributed by atoms with Crippen molar-refractivity contribution in [2.45, 2.75) is 0 Å². The molecule has 1 heteroatoms. The van der Waals surface area contributed by atoms with Crippen LogP contribution in [0.25, 0.3) is 87.6 Å². The monoisotopic (exact) mass is 558 g/mol. The van der Waals surface area contributed by atoms with Crippen molar-refractivity contribution in [2.75, 3.05) is 0 Å². The molecule has 9 aromatic rings. The second-order valence-electron chi connectivity index (χ2n) is 10.3. The van der Waals surface area contributed by atoms with Crippen LogP contribution < -0.4 is 0 Å². The van der Waals surface area contributed by atoms with Gasteiger partial charge in [0.15, 0.2) is 0 Å². The van der Waals surface area contributed by atoms with Gasteiger partial charge in [0.1, 0.15) is 11.2 Å². The summed E-state index contributed by atoms with van der Waals surface area (Å²) in [5.74, 6) is 0. The highest BCUT2D eigenvalue weighted by molar-refractivity contribution is 6.27. The summed E-state index contributed by atoms with van der Waals surface area (Å²) in [7, 11) is 0. The van der Waals surface area contributed by atoms with Crippen LogP contribution in [-0.2, 0) is 0 Å². The first kappa shape index (κ1) is 15.0. The van der Waals surface area contributed by atoms with Gasteiger partial charge in [0.2, 0.25) is 0 Å². The molecule has 0 aliphatic heterocycles. The Labute approximate surface area is 266 Å². The number of furan rings is 1. The lowest BCUT2D eigenvalue weighted by Crippen LogP contribution is -1.92. The van der Waals surface area contributed by atoms with E-state index < -0.39 is 48.3 Å². The molecule has 200 valence electrons. The highest BCUT2D eigenvalue weighted by Gasteiger charge is 2.21. The van der Waals surface area contributed by atoms with Crippen LogP contribution >= 0.6 is 0 Å². The molecule has 0 radical (unpaired) electrons. The Hall–Kier alpha value is -5.66. The molecule has 0 N–H and O–H groups in total. The lowest BCUT2D eigenvalue weighted by molar-refractivity contribution is 0.669. The van der Waals surface area contributed by atoms with Gasteiger partial charge in [-0.05, 0) is 77.8 Å². The van der Waals surface area contributed by atoms with E-state index in [0.717, 1.165) is 27.3 Å². The van der Waals surface area contributed by atoms with Crippen molar-refractivity contribution in [3.63, 3.8) is 0 Å². The van der Waals surface area contributed by atoms with Gasteiger partial charge in [-0.15, -0.1) is 0 Å². The number of hydrogen-bond acceptors (Lipinski definition) is 1. The van der Waals surface area contributed by atoms with E-state index >= 15 is 0 Å². The SMILES string of the molecule is [2H]c1c([2H])c([2H])c(-c2ccc(-c3c4ccccc4c(-c4c([2H])c([2H])c([2H])c5oc6c([2H])c([2H])c([2H])c([2H])c6c45)c4ccccc34)c3ccccc23)c([2H])c1[2H]. The molecule has 0 aliphatic carbocycles. The second-order valence-corrected chi connectivity index (χ2v) is 10.3. The second kappa shape index (κ2) is 9.44. The van der Waals surface area contributed by atoms with Crippen LogP contribution in [0.5, 0.6) is 0 Å². The first-order valence-electron chi connectivity index (χ1n) is 19.8. The van der Waals surface area contributed by atoms with Gasteiger partial charge in [-0.3, -0.25) is 0 Å². The standard InChI is InChI=1S/C42H26O/c1-2-13-27(14-3-1)28-25-26-35(30-16-5-4-15-29(28)30)40-31-17-6-8-19-33(31)41(34-20-9-7-18-32(34)40)37-22-12-24-39-42(37)36-21-10-11-23-38(36)43-39/h1-26H/i1D,2D,3D,10D,11D,12D,13D,14D,21D,22D,23D,24D. The van der Waals surface area contributed by atoms with Gasteiger partial charge in [-0.1, -0.05) is 145 Å². The van der Waals surface area contributed by atoms with E-state index in [1.54, 1.807) is 6.07 Å². The zero-order valence-electron chi connectivity index (χ0n) is 34.5. The summed E-state index contributed by atoms with van der Waals surface area (Å²) in [6.07, 6.45) is 0. The van der Waals surface area contributed by atoms with Crippen LogP contribution in [0, 0.1) is 0 Å². The summed E-state index contributed by atoms with van der Waals surface area (Å²) >= 11 is 0. The molecule has 1 heterocycles. The first-order chi connectivity index (χ1) is 26.3. The molecule has 0 spiro atoms. The summed E-state index contributed by atoms with van der Waals surface area (Å²) in [6.45, 7) is 0. The molecule has 0 bridgehead atoms. The Morgan fingerprint density at radius 3 is 1.56 bits per heavy atom. The van der Waals surface area contributed by atoms with Crippen molar-refractivity contribution in [1.82, 2.24) is 0 Å². The Morgan fingerprint density at radius 2 is 0.884 bits per heavy atom. The van der Waals surface area contributed by atoms with E-state index in [1.807, 2.05) is 78.9 Å². The lowest BCUT2D eigenvalue weighted by atomic mass is 9.83. The van der Waals surface area contributed by atoms with Crippen LogP contribution in [-0.4, -0.2) is 0 Å². The van der Waals surface area contributed by atoms with Gasteiger partial charge >= 0.3 is 0 Å². The predicted molar refractivity (Wildman–Crippen MR) is 183 cm³/mol. The minimum Gasteiger partial charge on any atom is -0.456 e. The Morgan fingerprint density at radius 1 is 0.372 bits per heavy atom. The fraction of sp³-hybridized carbons (Fsp3) is 0. The predicted octanol–water partition coefficient (Wildman–Crippen LogP) is 12.0. The van der Waals surface area contributed by atoms with Gasteiger partial charge < -0.3 is 4.42 Å². The third-order valence-electron chi connectivity index (χ3n) is 8.09. The summed E-state index contributed by atoms with van der Waals surface area (Å²) in [5, 5.41) is 4.52. The summed E-state index contributed by atoms with van der Waals surface area (Å²) in [4.78, 5) is 0. The van der Waals surface area contributed by atoms with Crippen LogP contribution in [0.15, 0.2) is 162 Å². The van der Waals surface area contributed by atoms with Crippen molar-refractivity contribution >= 4 is 54.3 Å². The minimum absolute atomic E-state index is 0.0319. The molecule has 1 nitrogen and oxygen atoms in total. The van der Waals surface area contributed by atoms with E-state index in [1.165, 1.54) is 0 Å². The number of fused-ring (bicyclic) bond motifs is 6. The normalized spacial score (nSPS) is 15.6. The smallest absolute Gasteiger partial charge is 0.136 e. The molecular weight excluding hydrogens is 520 g/mol. The Bertz CT molecular complexity index is 3100. The minimum atomic E-state index is -0.494. The molecule has 0 saturated heterocycles. The largest absolute Gasteiger partial charge is 0.456 e. The van der Waals surface area contributed by atoms with Crippen molar-refractivity contribution in [2.24, 2.45) is 0 Å². The van der Waals surface area contributed by atoms with E-state index in [2.05, 4.69) is 0 Å². The van der Waals surface area contributed by atoms with Crippen molar-refractivity contribution < 1.29 is 20.9 Å². The van der Waals surface area contributed by atoms with Gasteiger partial charge in [0.25, 0.3) is 0 Å². The van der Waals surface area contributed by atoms with Gasteiger partial charge in [0, 0.05) is 10.8 Å². The highest BCUT2D eigenvalue weighted by atomic mass is 16.3. The Kier molecular flexibility index (Phi) is 3.29. The zero-order chi connectivity index (χ0) is 38.8. The van der Waals surface area contributed by atoms with Crippen molar-refractivity contribution in [1.29, 1.82) is 0 Å². The molecule has 0 unspecified atom stereocenters. The third kappa shape index (κ3) is 3.58. The van der Waals surface area contributed by atoms with Crippen molar-refractivity contribution in [3.05, 3.63) is 157 Å². The molecule has 8 aromatic carbocycles. The quantitative estimate of drug-likeness (QED) is 0.197. The van der Waals surface area contributed by atoms with Crippen molar-refractivity contribution in [3.8, 4) is 33.4 Å². The van der Waals surface area contributed by atoms with Gasteiger partial charge in [0.05, 0.1) is 16.4 Å². The van der Waals surface area contributed by atoms with Crippen LogP contribution in [0.2, 0.25) is 0 Å². The third-order valence-corrected chi connectivity index (χ3v) is 8.09. The highest BCUT2D eigenvalue weighted by Crippen LogP contribution is 2.48. The lowest BCUT2D eigenvalue weighted by Gasteiger charge is -2.20. The van der Waals surface area contributed by atoms with E-state index in [-0.39, 0.29) is 57.2 Å².